The molecule has 0 bridgehead atoms. The molecule has 4 aromatic rings. The molecule has 0 saturated carbocycles. The quantitative estimate of drug-likeness (QED) is 0.0798. The molecule has 0 aliphatic carbocycles. The number of amides is 2. The van der Waals surface area contributed by atoms with E-state index in [0.717, 1.165) is 22.2 Å². The molecule has 1 atom stereocenters. The van der Waals surface area contributed by atoms with Crippen LogP contribution < -0.4 is 21.2 Å². The average molecular weight is 712 g/mol. The summed E-state index contributed by atoms with van der Waals surface area (Å²) in [6, 6.07) is 16.3. The Bertz CT molecular complexity index is 1970. The summed E-state index contributed by atoms with van der Waals surface area (Å²) in [6.45, 7) is 4.54. The van der Waals surface area contributed by atoms with Crippen molar-refractivity contribution in [1.29, 1.82) is 0 Å². The van der Waals surface area contributed by atoms with Crippen molar-refractivity contribution in [2.45, 2.75) is 50.7 Å². The van der Waals surface area contributed by atoms with Crippen molar-refractivity contribution in [3.8, 4) is 5.75 Å². The number of halogens is 2. The zero-order valence-corrected chi connectivity index (χ0v) is 28.8. The van der Waals surface area contributed by atoms with E-state index >= 15 is 0 Å². The third-order valence-electron chi connectivity index (χ3n) is 8.09. The van der Waals surface area contributed by atoms with Crippen molar-refractivity contribution < 1.29 is 22.7 Å². The van der Waals surface area contributed by atoms with Gasteiger partial charge in [-0.1, -0.05) is 47.5 Å². The predicted molar refractivity (Wildman–Crippen MR) is 187 cm³/mol. The van der Waals surface area contributed by atoms with Gasteiger partial charge in [-0.25, -0.2) is 13.4 Å². The molecule has 1 aromatic heterocycles. The molecule has 1 aliphatic heterocycles. The second-order valence-corrected chi connectivity index (χ2v) is 14.1. The van der Waals surface area contributed by atoms with Crippen molar-refractivity contribution in [2.24, 2.45) is 10.9 Å². The lowest BCUT2D eigenvalue weighted by Gasteiger charge is -2.24. The molecule has 3 aromatic carbocycles. The molecule has 0 radical (unpaired) electrons. The SMILES string of the molecule is Cc1cc(C)c2cccc(OCc3c(Cl)ccc(S(=O)(=O)N4CCCC4C(=O)NCCCNC(=O)c4ccc(C=NN)cc4)c3Cl)c2n1. The minimum absolute atomic E-state index is 0.0630. The van der Waals surface area contributed by atoms with Crippen molar-refractivity contribution in [2.75, 3.05) is 19.6 Å². The molecular formula is C34H36Cl2N6O5S. The van der Waals surface area contributed by atoms with Crippen LogP contribution in [0.25, 0.3) is 10.9 Å². The van der Waals surface area contributed by atoms with Gasteiger partial charge in [0.25, 0.3) is 5.91 Å². The van der Waals surface area contributed by atoms with Crippen LogP contribution in [0.2, 0.25) is 10.0 Å². The van der Waals surface area contributed by atoms with Gasteiger partial charge in [0, 0.05) is 46.9 Å². The first kappa shape index (κ1) is 35.1. The summed E-state index contributed by atoms with van der Waals surface area (Å²) in [7, 11) is -4.17. The predicted octanol–water partition coefficient (Wildman–Crippen LogP) is 5.12. The number of carbonyl (C=O) groups is 2. The van der Waals surface area contributed by atoms with Gasteiger partial charge in [0.1, 0.15) is 28.8 Å². The number of hydrazone groups is 1. The summed E-state index contributed by atoms with van der Waals surface area (Å²) < 4.78 is 35.1. The fourth-order valence-corrected chi connectivity index (χ4v) is 8.19. The van der Waals surface area contributed by atoms with E-state index in [1.165, 1.54) is 22.7 Å². The summed E-state index contributed by atoms with van der Waals surface area (Å²) in [5.74, 6) is 4.99. The number of nitrogens with two attached hydrogens (primary N) is 1. The zero-order chi connectivity index (χ0) is 34.4. The summed E-state index contributed by atoms with van der Waals surface area (Å²) in [4.78, 5) is 30.0. The number of aromatic nitrogens is 1. The zero-order valence-electron chi connectivity index (χ0n) is 26.5. The highest BCUT2D eigenvalue weighted by Crippen LogP contribution is 2.36. The molecule has 252 valence electrons. The molecule has 1 unspecified atom stereocenters. The molecule has 48 heavy (non-hydrogen) atoms. The number of fused-ring (bicyclic) bond motifs is 1. The van der Waals surface area contributed by atoms with Gasteiger partial charge in [-0.3, -0.25) is 9.59 Å². The van der Waals surface area contributed by atoms with Crippen LogP contribution in [0.1, 0.15) is 52.0 Å². The number of nitrogens with one attached hydrogen (secondary N) is 2. The van der Waals surface area contributed by atoms with Crippen LogP contribution in [-0.4, -0.2) is 61.4 Å². The Labute approximate surface area is 289 Å². The van der Waals surface area contributed by atoms with E-state index in [1.807, 2.05) is 32.0 Å². The van der Waals surface area contributed by atoms with Gasteiger partial charge in [0.2, 0.25) is 15.9 Å². The molecule has 11 nitrogen and oxygen atoms in total. The summed E-state index contributed by atoms with van der Waals surface area (Å²) in [5.41, 5.74) is 4.14. The standard InChI is InChI=1S/C34H36Cl2N6O5S/c1-21-18-22(2)41-32-25(21)6-3-8-29(32)47-20-26-27(35)13-14-30(31(26)36)48(45,46)42-17-4-7-28(42)34(44)39-16-5-15-38-33(43)24-11-9-23(10-12-24)19-40-37/h3,6,8-14,18-19,28H,4-5,7,15-17,20,37H2,1-2H3,(H,38,43)(H,39,44). The maximum absolute atomic E-state index is 13.9. The van der Waals surface area contributed by atoms with Gasteiger partial charge in [-0.05, 0) is 80.6 Å². The number of benzene rings is 3. The van der Waals surface area contributed by atoms with Gasteiger partial charge < -0.3 is 21.2 Å². The van der Waals surface area contributed by atoms with Crippen LogP contribution in [0.15, 0.2) is 70.7 Å². The first-order valence-corrected chi connectivity index (χ1v) is 17.6. The van der Waals surface area contributed by atoms with E-state index in [4.69, 9.17) is 33.8 Å². The minimum atomic E-state index is -4.17. The van der Waals surface area contributed by atoms with Crippen LogP contribution in [0, 0.1) is 13.8 Å². The van der Waals surface area contributed by atoms with Crippen LogP contribution in [-0.2, 0) is 21.4 Å². The number of aryl methyl sites for hydroxylation is 2. The van der Waals surface area contributed by atoms with Crippen LogP contribution in [0.3, 0.4) is 0 Å². The lowest BCUT2D eigenvalue weighted by molar-refractivity contribution is -0.124. The Kier molecular flexibility index (Phi) is 11.2. The van der Waals surface area contributed by atoms with Gasteiger partial charge in [-0.15, -0.1) is 0 Å². The highest BCUT2D eigenvalue weighted by atomic mass is 35.5. The number of hydrogen-bond acceptors (Lipinski definition) is 8. The van der Waals surface area contributed by atoms with Crippen molar-refractivity contribution in [3.63, 3.8) is 0 Å². The number of carbonyl (C=O) groups excluding carboxylic acids is 2. The second-order valence-electron chi connectivity index (χ2n) is 11.4. The Morgan fingerprint density at radius 3 is 2.58 bits per heavy atom. The lowest BCUT2D eigenvalue weighted by Crippen LogP contribution is -2.46. The van der Waals surface area contributed by atoms with E-state index in [-0.39, 0.29) is 40.5 Å². The number of rotatable bonds is 12. The summed E-state index contributed by atoms with van der Waals surface area (Å²) in [6.07, 6.45) is 2.80. The maximum Gasteiger partial charge on any atom is 0.251 e. The van der Waals surface area contributed by atoms with E-state index in [2.05, 4.69) is 20.7 Å². The number of sulfonamides is 1. The minimum Gasteiger partial charge on any atom is -0.487 e. The number of ether oxygens (including phenoxy) is 1. The highest BCUT2D eigenvalue weighted by molar-refractivity contribution is 7.89. The van der Waals surface area contributed by atoms with Gasteiger partial charge >= 0.3 is 0 Å². The summed E-state index contributed by atoms with van der Waals surface area (Å²) >= 11 is 13.2. The van der Waals surface area contributed by atoms with Crippen LogP contribution in [0.5, 0.6) is 5.75 Å². The molecule has 14 heteroatoms. The van der Waals surface area contributed by atoms with Crippen molar-refractivity contribution in [3.05, 3.63) is 98.7 Å². The van der Waals surface area contributed by atoms with E-state index in [0.29, 0.717) is 48.2 Å². The normalized spacial score (nSPS) is 15.2. The lowest BCUT2D eigenvalue weighted by atomic mass is 10.1. The molecular weight excluding hydrogens is 675 g/mol. The van der Waals surface area contributed by atoms with Crippen molar-refractivity contribution >= 4 is 62.2 Å². The van der Waals surface area contributed by atoms with E-state index in [9.17, 15) is 18.0 Å². The van der Waals surface area contributed by atoms with Crippen molar-refractivity contribution in [1.82, 2.24) is 19.9 Å². The third-order valence-corrected chi connectivity index (χ3v) is 10.9. The average Bonchev–Trinajstić information content (AvgIpc) is 3.56. The Hall–Kier alpha value is -4.23. The Balaban J connectivity index is 1.21. The molecule has 1 saturated heterocycles. The molecule has 5 rings (SSSR count). The Morgan fingerprint density at radius 1 is 1.08 bits per heavy atom. The van der Waals surface area contributed by atoms with E-state index < -0.39 is 22.0 Å². The van der Waals surface area contributed by atoms with E-state index in [1.54, 1.807) is 30.3 Å². The van der Waals surface area contributed by atoms with Gasteiger partial charge in [-0.2, -0.15) is 9.41 Å². The maximum atomic E-state index is 13.9. The van der Waals surface area contributed by atoms with Gasteiger partial charge in [0.15, 0.2) is 0 Å². The first-order chi connectivity index (χ1) is 23.0. The number of para-hydroxylation sites is 1. The van der Waals surface area contributed by atoms with Crippen LogP contribution in [0.4, 0.5) is 0 Å². The highest BCUT2D eigenvalue weighted by Gasteiger charge is 2.40. The topological polar surface area (TPSA) is 156 Å². The molecule has 4 N–H and O–H groups in total. The molecule has 1 aliphatic rings. The Morgan fingerprint density at radius 2 is 1.83 bits per heavy atom. The molecule has 0 spiro atoms. The second kappa shape index (κ2) is 15.3. The fraction of sp³-hybridized carbons (Fsp3) is 0.294. The largest absolute Gasteiger partial charge is 0.487 e. The van der Waals surface area contributed by atoms with Gasteiger partial charge in [0.05, 0.1) is 11.2 Å². The fourth-order valence-electron chi connectivity index (χ4n) is 5.67. The number of nitrogens with zero attached hydrogens (tertiary/aromatic N) is 3. The number of pyridine rings is 1. The summed E-state index contributed by atoms with van der Waals surface area (Å²) in [5, 5.41) is 10.2. The third kappa shape index (κ3) is 7.73. The molecule has 1 fully saturated rings. The molecule has 2 amide bonds. The smallest absolute Gasteiger partial charge is 0.251 e. The monoisotopic (exact) mass is 710 g/mol. The number of hydrogen-bond donors (Lipinski definition) is 3. The molecule has 2 heterocycles. The first-order valence-electron chi connectivity index (χ1n) is 15.4. The van der Waals surface area contributed by atoms with Crippen LogP contribution >= 0.6 is 23.2 Å².